The summed E-state index contributed by atoms with van der Waals surface area (Å²) in [5.41, 5.74) is 5.31. The number of hydrogen-bond acceptors (Lipinski definition) is 6. The summed E-state index contributed by atoms with van der Waals surface area (Å²) in [6.45, 7) is 3.33. The number of carbonyl (C=O) groups is 2. The molecule has 160 valence electrons. The number of nitrogens with two attached hydrogens (primary N) is 1. The molecule has 0 saturated heterocycles. The van der Waals surface area contributed by atoms with Gasteiger partial charge in [-0.25, -0.2) is 9.59 Å². The third-order valence-electron chi connectivity index (χ3n) is 4.34. The minimum Gasteiger partial charge on any atom is -0.452 e. The van der Waals surface area contributed by atoms with Crippen LogP contribution in [0.4, 0.5) is 11.5 Å². The molecule has 0 radical (unpaired) electrons. The lowest BCUT2D eigenvalue weighted by atomic mass is 10.2. The van der Waals surface area contributed by atoms with E-state index in [1.165, 1.54) is 16.7 Å². The highest BCUT2D eigenvalue weighted by atomic mass is 16.5. The van der Waals surface area contributed by atoms with Crippen LogP contribution in [-0.4, -0.2) is 28.0 Å². The number of rotatable bonds is 9. The Hall–Kier alpha value is -3.62. The Bertz CT molecular complexity index is 1020. The molecule has 30 heavy (non-hydrogen) atoms. The molecule has 2 aromatic rings. The van der Waals surface area contributed by atoms with Gasteiger partial charge in [0.2, 0.25) is 0 Å². The summed E-state index contributed by atoms with van der Waals surface area (Å²) < 4.78 is 6.18. The second-order valence-electron chi connectivity index (χ2n) is 6.57. The zero-order chi connectivity index (χ0) is 22.1. The summed E-state index contributed by atoms with van der Waals surface area (Å²) in [7, 11) is 0. The summed E-state index contributed by atoms with van der Waals surface area (Å²) in [6, 6.07) is 8.97. The fourth-order valence-corrected chi connectivity index (χ4v) is 2.83. The predicted molar refractivity (Wildman–Crippen MR) is 114 cm³/mol. The van der Waals surface area contributed by atoms with Crippen LogP contribution >= 0.6 is 0 Å². The third kappa shape index (κ3) is 5.69. The number of hydrogen-bond donors (Lipinski definition) is 2. The Morgan fingerprint density at radius 1 is 1.23 bits per heavy atom. The van der Waals surface area contributed by atoms with Gasteiger partial charge in [0.05, 0.1) is 6.54 Å². The van der Waals surface area contributed by atoms with Gasteiger partial charge >= 0.3 is 11.7 Å². The fraction of sp³-hybridized carbons (Fsp3) is 0.333. The smallest absolute Gasteiger partial charge is 0.330 e. The summed E-state index contributed by atoms with van der Waals surface area (Å²) in [4.78, 5) is 52.7. The number of nitrogens with zero attached hydrogens (tertiary/aromatic N) is 2. The van der Waals surface area contributed by atoms with Gasteiger partial charge < -0.3 is 10.5 Å². The van der Waals surface area contributed by atoms with E-state index in [1.54, 1.807) is 31.2 Å². The SMILES string of the molecule is C/C=C/C(=O)OCC(=O)N(Cc1ccccc1)c1c(N)n(CCCC)c(=O)[nH]c1=O. The number of carbonyl (C=O) groups excluding carboxylic acids is 2. The minimum atomic E-state index is -0.783. The number of esters is 1. The fourth-order valence-electron chi connectivity index (χ4n) is 2.83. The van der Waals surface area contributed by atoms with Crippen molar-refractivity contribution in [3.8, 4) is 0 Å². The zero-order valence-corrected chi connectivity index (χ0v) is 17.1. The van der Waals surface area contributed by atoms with E-state index in [4.69, 9.17) is 10.5 Å². The van der Waals surface area contributed by atoms with Gasteiger partial charge in [0.25, 0.3) is 11.5 Å². The third-order valence-corrected chi connectivity index (χ3v) is 4.34. The van der Waals surface area contributed by atoms with Crippen molar-refractivity contribution in [2.75, 3.05) is 17.2 Å². The highest BCUT2D eigenvalue weighted by Gasteiger charge is 2.25. The predicted octanol–water partition coefficient (Wildman–Crippen LogP) is 1.57. The number of amides is 1. The van der Waals surface area contributed by atoms with Crippen LogP contribution in [0.1, 0.15) is 32.3 Å². The molecule has 0 aliphatic carbocycles. The Labute approximate surface area is 173 Å². The highest BCUT2D eigenvalue weighted by molar-refractivity contribution is 5.97. The number of nitrogen functional groups attached to an aromatic ring is 1. The summed E-state index contributed by atoms with van der Waals surface area (Å²) in [5, 5.41) is 0. The van der Waals surface area contributed by atoms with Crippen molar-refractivity contribution in [1.82, 2.24) is 9.55 Å². The lowest BCUT2D eigenvalue weighted by Crippen LogP contribution is -2.42. The standard InChI is InChI=1S/C21H26N4O5/c1-3-5-12-24-19(22)18(20(28)23-21(24)29)25(13-15-10-7-6-8-11-15)16(26)14-30-17(27)9-4-2/h4,6-11H,3,5,12-14,22H2,1-2H3,(H,23,28,29)/b9-4+. The molecule has 9 nitrogen and oxygen atoms in total. The van der Waals surface area contributed by atoms with E-state index in [0.29, 0.717) is 13.0 Å². The van der Waals surface area contributed by atoms with Gasteiger partial charge in [0, 0.05) is 12.6 Å². The molecule has 3 N–H and O–H groups in total. The van der Waals surface area contributed by atoms with Crippen LogP contribution in [0, 0.1) is 0 Å². The molecule has 1 heterocycles. The van der Waals surface area contributed by atoms with Gasteiger partial charge in [-0.3, -0.25) is 24.0 Å². The molecule has 1 aromatic carbocycles. The molecule has 0 bridgehead atoms. The van der Waals surface area contributed by atoms with Crippen LogP contribution in [0.15, 0.2) is 52.1 Å². The topological polar surface area (TPSA) is 127 Å². The molecule has 0 atom stereocenters. The van der Waals surface area contributed by atoms with Crippen LogP contribution in [0.5, 0.6) is 0 Å². The van der Waals surface area contributed by atoms with E-state index in [2.05, 4.69) is 4.98 Å². The molecular weight excluding hydrogens is 388 g/mol. The van der Waals surface area contributed by atoms with Gasteiger partial charge in [0.15, 0.2) is 12.3 Å². The van der Waals surface area contributed by atoms with E-state index >= 15 is 0 Å². The molecule has 0 fully saturated rings. The van der Waals surface area contributed by atoms with E-state index in [0.717, 1.165) is 16.9 Å². The first-order chi connectivity index (χ1) is 14.4. The van der Waals surface area contributed by atoms with Crippen molar-refractivity contribution in [1.29, 1.82) is 0 Å². The van der Waals surface area contributed by atoms with Crippen molar-refractivity contribution in [2.45, 2.75) is 39.8 Å². The van der Waals surface area contributed by atoms with Crippen LogP contribution in [0.25, 0.3) is 0 Å². The monoisotopic (exact) mass is 414 g/mol. The van der Waals surface area contributed by atoms with Crippen LogP contribution in [0.3, 0.4) is 0 Å². The van der Waals surface area contributed by atoms with E-state index in [9.17, 15) is 19.2 Å². The second-order valence-corrected chi connectivity index (χ2v) is 6.57. The lowest BCUT2D eigenvalue weighted by molar-refractivity contribution is -0.143. The van der Waals surface area contributed by atoms with Crippen molar-refractivity contribution < 1.29 is 14.3 Å². The molecule has 9 heteroatoms. The molecule has 1 aromatic heterocycles. The number of allylic oxidation sites excluding steroid dienone is 1. The maximum absolute atomic E-state index is 12.9. The van der Waals surface area contributed by atoms with E-state index in [-0.39, 0.29) is 18.1 Å². The first kappa shape index (κ1) is 22.7. The van der Waals surface area contributed by atoms with Crippen LogP contribution in [-0.2, 0) is 27.4 Å². The number of nitrogens with one attached hydrogen (secondary N) is 1. The van der Waals surface area contributed by atoms with Crippen molar-refractivity contribution in [3.63, 3.8) is 0 Å². The van der Waals surface area contributed by atoms with Crippen LogP contribution < -0.4 is 21.9 Å². The minimum absolute atomic E-state index is 0.0140. The first-order valence-electron chi connectivity index (χ1n) is 9.65. The number of ether oxygens (including phenoxy) is 1. The van der Waals surface area contributed by atoms with Crippen molar-refractivity contribution in [3.05, 3.63) is 68.9 Å². The summed E-state index contributed by atoms with van der Waals surface area (Å²) >= 11 is 0. The van der Waals surface area contributed by atoms with E-state index < -0.39 is 29.7 Å². The van der Waals surface area contributed by atoms with Gasteiger partial charge in [-0.15, -0.1) is 0 Å². The van der Waals surface area contributed by atoms with Gasteiger partial charge in [-0.05, 0) is 18.9 Å². The largest absolute Gasteiger partial charge is 0.452 e. The normalized spacial score (nSPS) is 10.9. The maximum atomic E-state index is 12.9. The quantitative estimate of drug-likeness (QED) is 0.474. The number of aromatic nitrogens is 2. The molecule has 0 aliphatic rings. The number of H-pyrrole nitrogens is 1. The van der Waals surface area contributed by atoms with Crippen LogP contribution in [0.2, 0.25) is 0 Å². The Morgan fingerprint density at radius 3 is 2.57 bits per heavy atom. The lowest BCUT2D eigenvalue weighted by Gasteiger charge is -2.24. The average molecular weight is 414 g/mol. The average Bonchev–Trinajstić information content (AvgIpc) is 2.72. The molecule has 0 aliphatic heterocycles. The highest BCUT2D eigenvalue weighted by Crippen LogP contribution is 2.20. The molecule has 0 unspecified atom stereocenters. The molecule has 2 rings (SSSR count). The van der Waals surface area contributed by atoms with Gasteiger partial charge in [-0.2, -0.15) is 0 Å². The Kier molecular flexibility index (Phi) is 8.16. The summed E-state index contributed by atoms with van der Waals surface area (Å²) in [5.74, 6) is -1.43. The zero-order valence-electron chi connectivity index (χ0n) is 17.1. The molecular formula is C21H26N4O5. The molecule has 0 spiro atoms. The van der Waals surface area contributed by atoms with Gasteiger partial charge in [0.1, 0.15) is 5.82 Å². The number of anilines is 2. The number of unbranched alkanes of at least 4 members (excludes halogenated alkanes) is 1. The molecule has 1 amide bonds. The first-order valence-corrected chi connectivity index (χ1v) is 9.65. The Morgan fingerprint density at radius 2 is 1.93 bits per heavy atom. The number of benzene rings is 1. The van der Waals surface area contributed by atoms with E-state index in [1.807, 2.05) is 13.0 Å². The van der Waals surface area contributed by atoms with Crippen molar-refractivity contribution in [2.24, 2.45) is 0 Å². The molecule has 0 saturated carbocycles. The second kappa shape index (κ2) is 10.8. The summed E-state index contributed by atoms with van der Waals surface area (Å²) in [6.07, 6.45) is 4.15. The van der Waals surface area contributed by atoms with Crippen molar-refractivity contribution >= 4 is 23.4 Å². The maximum Gasteiger partial charge on any atom is 0.330 e. The van der Waals surface area contributed by atoms with Gasteiger partial charge in [-0.1, -0.05) is 49.8 Å². The Balaban J connectivity index is 2.48. The number of aromatic amines is 1.